The third kappa shape index (κ3) is 3.74. The van der Waals surface area contributed by atoms with Crippen LogP contribution in [0, 0.1) is 6.92 Å². The maximum absolute atomic E-state index is 12.9. The van der Waals surface area contributed by atoms with Gasteiger partial charge in [0.2, 0.25) is 5.95 Å². The minimum atomic E-state index is -4.52. The zero-order valence-electron chi connectivity index (χ0n) is 14.8. The number of aromatic nitrogens is 4. The molecule has 1 aliphatic rings. The Morgan fingerprint density at radius 1 is 1.31 bits per heavy atom. The van der Waals surface area contributed by atoms with Crippen LogP contribution in [0.25, 0.3) is 0 Å². The molecule has 26 heavy (non-hydrogen) atoms. The van der Waals surface area contributed by atoms with Crippen molar-refractivity contribution in [3.05, 3.63) is 23.7 Å². The summed E-state index contributed by atoms with van der Waals surface area (Å²) in [5, 5.41) is 9.91. The van der Waals surface area contributed by atoms with E-state index >= 15 is 0 Å². The van der Waals surface area contributed by atoms with E-state index in [1.807, 2.05) is 17.8 Å². The average Bonchev–Trinajstić information content (AvgIpc) is 3.21. The molecule has 0 saturated heterocycles. The first-order valence-corrected chi connectivity index (χ1v) is 8.29. The predicted molar refractivity (Wildman–Crippen MR) is 90.5 cm³/mol. The number of alkyl halides is 3. The van der Waals surface area contributed by atoms with Crippen LogP contribution < -0.4 is 10.6 Å². The molecule has 0 aliphatic heterocycles. The van der Waals surface area contributed by atoms with Gasteiger partial charge in [-0.3, -0.25) is 4.68 Å². The molecule has 2 aromatic heterocycles. The maximum atomic E-state index is 12.9. The van der Waals surface area contributed by atoms with Crippen LogP contribution in [-0.4, -0.2) is 40.0 Å². The van der Waals surface area contributed by atoms with Crippen LogP contribution in [0.2, 0.25) is 0 Å². The third-order valence-corrected chi connectivity index (χ3v) is 4.56. The summed E-state index contributed by atoms with van der Waals surface area (Å²) < 4.78 is 46.1. The second kappa shape index (κ2) is 7.10. The molecule has 2 heterocycles. The first-order chi connectivity index (χ1) is 12.3. The van der Waals surface area contributed by atoms with E-state index < -0.39 is 11.7 Å². The number of nitrogens with one attached hydrogen (secondary N) is 2. The molecule has 0 spiro atoms. The molecule has 2 unspecified atom stereocenters. The molecule has 1 aliphatic carbocycles. The number of hydrogen-bond donors (Lipinski definition) is 2. The molecule has 1 fully saturated rings. The van der Waals surface area contributed by atoms with Crippen molar-refractivity contribution in [2.45, 2.75) is 44.5 Å². The molecular weight excluding hydrogens is 349 g/mol. The molecular formula is C16H21F3N6O. The van der Waals surface area contributed by atoms with E-state index in [0.29, 0.717) is 5.69 Å². The van der Waals surface area contributed by atoms with Crippen molar-refractivity contribution in [2.75, 3.05) is 24.8 Å². The summed E-state index contributed by atoms with van der Waals surface area (Å²) in [6.07, 6.45) is 1.16. The normalized spacial score (nSPS) is 20.4. The van der Waals surface area contributed by atoms with Gasteiger partial charge in [0.1, 0.15) is 11.4 Å². The smallest absolute Gasteiger partial charge is 0.381 e. The quantitative estimate of drug-likeness (QED) is 0.839. The van der Waals surface area contributed by atoms with Gasteiger partial charge in [0.15, 0.2) is 0 Å². The summed E-state index contributed by atoms with van der Waals surface area (Å²) >= 11 is 0. The van der Waals surface area contributed by atoms with Crippen LogP contribution >= 0.6 is 0 Å². The zero-order valence-corrected chi connectivity index (χ0v) is 14.8. The molecule has 0 aromatic carbocycles. The summed E-state index contributed by atoms with van der Waals surface area (Å²) in [4.78, 5) is 7.70. The lowest BCUT2D eigenvalue weighted by Crippen LogP contribution is -2.12. The molecule has 2 aromatic rings. The molecule has 10 heteroatoms. The van der Waals surface area contributed by atoms with Gasteiger partial charge in [-0.15, -0.1) is 0 Å². The first-order valence-electron chi connectivity index (χ1n) is 8.29. The molecule has 2 atom stereocenters. The largest absolute Gasteiger partial charge is 0.421 e. The van der Waals surface area contributed by atoms with Crippen molar-refractivity contribution in [3.8, 4) is 0 Å². The van der Waals surface area contributed by atoms with E-state index in [9.17, 15) is 13.2 Å². The second-order valence-corrected chi connectivity index (χ2v) is 6.26. The number of halogens is 3. The maximum Gasteiger partial charge on any atom is 0.421 e. The third-order valence-electron chi connectivity index (χ3n) is 4.56. The van der Waals surface area contributed by atoms with Gasteiger partial charge in [-0.25, -0.2) is 4.98 Å². The van der Waals surface area contributed by atoms with Crippen LogP contribution in [0.15, 0.2) is 12.4 Å². The van der Waals surface area contributed by atoms with Crippen molar-refractivity contribution in [1.82, 2.24) is 19.7 Å². The van der Waals surface area contributed by atoms with Gasteiger partial charge in [-0.05, 0) is 26.2 Å². The van der Waals surface area contributed by atoms with Gasteiger partial charge in [0.05, 0.1) is 23.5 Å². The Hall–Kier alpha value is -2.36. The summed E-state index contributed by atoms with van der Waals surface area (Å²) in [7, 11) is 3.09. The van der Waals surface area contributed by atoms with Crippen molar-refractivity contribution in [3.63, 3.8) is 0 Å². The lowest BCUT2D eigenvalue weighted by Gasteiger charge is -2.12. The van der Waals surface area contributed by atoms with Gasteiger partial charge in [-0.1, -0.05) is 0 Å². The number of rotatable bonds is 5. The summed E-state index contributed by atoms with van der Waals surface area (Å²) in [6.45, 7) is 1.82. The van der Waals surface area contributed by atoms with Gasteiger partial charge in [0.25, 0.3) is 0 Å². The molecule has 0 amide bonds. The molecule has 3 rings (SSSR count). The first kappa shape index (κ1) is 18.4. The van der Waals surface area contributed by atoms with E-state index in [1.165, 1.54) is 7.05 Å². The molecule has 2 N–H and O–H groups in total. The Morgan fingerprint density at radius 3 is 2.69 bits per heavy atom. The highest BCUT2D eigenvalue weighted by atomic mass is 19.4. The Balaban J connectivity index is 1.79. The van der Waals surface area contributed by atoms with Crippen molar-refractivity contribution in [1.29, 1.82) is 0 Å². The van der Waals surface area contributed by atoms with Crippen LogP contribution in [-0.2, 0) is 10.9 Å². The molecule has 7 nitrogen and oxygen atoms in total. The highest BCUT2D eigenvalue weighted by Gasteiger charge is 2.35. The highest BCUT2D eigenvalue weighted by molar-refractivity contribution is 5.57. The highest BCUT2D eigenvalue weighted by Crippen LogP contribution is 2.35. The van der Waals surface area contributed by atoms with Crippen molar-refractivity contribution >= 4 is 17.5 Å². The van der Waals surface area contributed by atoms with Crippen LogP contribution in [0.1, 0.15) is 36.6 Å². The fourth-order valence-corrected chi connectivity index (χ4v) is 3.12. The standard InChI is InChI=1S/C16H21F3N6O/c1-9-13(8-25(24-9)10-4-5-11(6-10)26-3)22-15-21-7-12(16(17,18)19)14(20-2)23-15/h7-8,10-11H,4-6H2,1-3H3,(H2,20,21,22,23). The SMILES string of the molecule is CNc1nc(Nc2cn(C3CCC(OC)C3)nc2C)ncc1C(F)(F)F. The molecule has 0 bridgehead atoms. The van der Waals surface area contributed by atoms with Gasteiger partial charge < -0.3 is 15.4 Å². The van der Waals surface area contributed by atoms with E-state index in [2.05, 4.69) is 25.7 Å². The summed E-state index contributed by atoms with van der Waals surface area (Å²) in [6, 6.07) is 0.246. The fraction of sp³-hybridized carbons (Fsp3) is 0.562. The number of aryl methyl sites for hydroxylation is 1. The number of hydrogen-bond acceptors (Lipinski definition) is 6. The minimum absolute atomic E-state index is 0.0752. The number of methoxy groups -OCH3 is 1. The van der Waals surface area contributed by atoms with E-state index in [1.54, 1.807) is 7.11 Å². The zero-order chi connectivity index (χ0) is 18.9. The summed E-state index contributed by atoms with van der Waals surface area (Å²) in [5.74, 6) is -0.204. The second-order valence-electron chi connectivity index (χ2n) is 6.26. The number of ether oxygens (including phenoxy) is 1. The topological polar surface area (TPSA) is 76.9 Å². The lowest BCUT2D eigenvalue weighted by molar-refractivity contribution is -0.137. The van der Waals surface area contributed by atoms with Crippen LogP contribution in [0.4, 0.5) is 30.6 Å². The van der Waals surface area contributed by atoms with E-state index in [0.717, 1.165) is 31.2 Å². The molecule has 1 saturated carbocycles. The number of anilines is 3. The van der Waals surface area contributed by atoms with Gasteiger partial charge in [-0.2, -0.15) is 23.3 Å². The van der Waals surface area contributed by atoms with Gasteiger partial charge in [0, 0.05) is 26.6 Å². The monoisotopic (exact) mass is 370 g/mol. The summed E-state index contributed by atoms with van der Waals surface area (Å²) in [5.41, 5.74) is 0.475. The van der Waals surface area contributed by atoms with Crippen LogP contribution in [0.5, 0.6) is 0 Å². The fourth-order valence-electron chi connectivity index (χ4n) is 3.12. The van der Waals surface area contributed by atoms with E-state index in [-0.39, 0.29) is 23.9 Å². The Labute approximate surface area is 149 Å². The van der Waals surface area contributed by atoms with E-state index in [4.69, 9.17) is 4.74 Å². The lowest BCUT2D eigenvalue weighted by atomic mass is 10.2. The molecule has 142 valence electrons. The minimum Gasteiger partial charge on any atom is -0.381 e. The van der Waals surface area contributed by atoms with Gasteiger partial charge >= 0.3 is 6.18 Å². The Morgan fingerprint density at radius 2 is 2.08 bits per heavy atom. The van der Waals surface area contributed by atoms with Crippen LogP contribution in [0.3, 0.4) is 0 Å². The predicted octanol–water partition coefficient (Wildman–Crippen LogP) is 3.53. The van der Waals surface area contributed by atoms with Crippen molar-refractivity contribution in [2.24, 2.45) is 0 Å². The average molecular weight is 370 g/mol. The Kier molecular flexibility index (Phi) is 5.03. The number of nitrogens with zero attached hydrogens (tertiary/aromatic N) is 4. The Bertz CT molecular complexity index is 776. The molecule has 0 radical (unpaired) electrons. The van der Waals surface area contributed by atoms with Crippen molar-refractivity contribution < 1.29 is 17.9 Å².